The van der Waals surface area contributed by atoms with E-state index in [1.807, 2.05) is 55.6 Å². The Kier molecular flexibility index (Phi) is 10.8. The van der Waals surface area contributed by atoms with Crippen LogP contribution in [0.3, 0.4) is 0 Å². The van der Waals surface area contributed by atoms with Crippen LogP contribution >= 0.6 is 0 Å². The Morgan fingerprint density at radius 1 is 1.15 bits per heavy atom. The maximum atomic E-state index is 13.0. The number of unbranched alkanes of at least 4 members (excludes halogenated alkanes) is 1. The van der Waals surface area contributed by atoms with Gasteiger partial charge in [0, 0.05) is 51.2 Å². The number of carbonyl (C=O) groups excluding carboxylic acids is 2. The summed E-state index contributed by atoms with van der Waals surface area (Å²) < 4.78 is 7.41. The van der Waals surface area contributed by atoms with Gasteiger partial charge in [0.25, 0.3) is 0 Å². The lowest BCUT2D eigenvalue weighted by atomic mass is 10.2. The molecule has 1 aromatic rings. The van der Waals surface area contributed by atoms with Crippen molar-refractivity contribution in [1.29, 1.82) is 0 Å². The first-order valence-electron chi connectivity index (χ1n) is 10.1. The van der Waals surface area contributed by atoms with Gasteiger partial charge in [0.05, 0.1) is 13.1 Å². The normalized spacial score (nSPS) is 11.0. The van der Waals surface area contributed by atoms with Crippen LogP contribution in [0, 0.1) is 5.92 Å². The van der Waals surface area contributed by atoms with Crippen LogP contribution in [-0.4, -0.2) is 59.0 Å². The summed E-state index contributed by atoms with van der Waals surface area (Å²) in [6.07, 6.45) is 4.71. The minimum Gasteiger partial charge on any atom is -0.382 e. The van der Waals surface area contributed by atoms with E-state index in [1.165, 1.54) is 0 Å². The molecule has 0 aliphatic heterocycles. The lowest BCUT2D eigenvalue weighted by Crippen LogP contribution is -2.45. The van der Waals surface area contributed by atoms with Crippen molar-refractivity contribution in [2.45, 2.75) is 53.5 Å². The molecule has 0 aromatic carbocycles. The van der Waals surface area contributed by atoms with Crippen molar-refractivity contribution in [3.8, 4) is 0 Å². The second-order valence-corrected chi connectivity index (χ2v) is 7.24. The van der Waals surface area contributed by atoms with Gasteiger partial charge in [0.15, 0.2) is 0 Å². The molecule has 0 saturated carbocycles. The van der Waals surface area contributed by atoms with Crippen LogP contribution in [0.25, 0.3) is 0 Å². The number of carbonyl (C=O) groups is 2. The molecule has 0 N–H and O–H groups in total. The summed E-state index contributed by atoms with van der Waals surface area (Å²) >= 11 is 0. The molecule has 0 spiro atoms. The summed E-state index contributed by atoms with van der Waals surface area (Å²) in [7, 11) is 1.99. The highest BCUT2D eigenvalue weighted by atomic mass is 16.5. The molecule has 154 valence electrons. The molecule has 27 heavy (non-hydrogen) atoms. The number of ether oxygens (including phenoxy) is 1. The zero-order chi connectivity index (χ0) is 20.2. The molecular weight excluding hydrogens is 342 g/mol. The average molecular weight is 380 g/mol. The van der Waals surface area contributed by atoms with Crippen molar-refractivity contribution in [3.05, 3.63) is 24.0 Å². The van der Waals surface area contributed by atoms with Gasteiger partial charge in [-0.3, -0.25) is 9.59 Å². The standard InChI is InChI=1S/C21H37N3O3/c1-6-8-13-23(16-19-11-9-12-22(19)5)20(25)17-24(21(26)18(3)4)14-10-15-27-7-2/h9,11-12,18H,6-8,10,13-17H2,1-5H3. The van der Waals surface area contributed by atoms with Gasteiger partial charge in [-0.2, -0.15) is 0 Å². The van der Waals surface area contributed by atoms with Crippen LogP contribution in [0.2, 0.25) is 0 Å². The summed E-state index contributed by atoms with van der Waals surface area (Å²) in [4.78, 5) is 29.1. The topological polar surface area (TPSA) is 54.8 Å². The van der Waals surface area contributed by atoms with E-state index >= 15 is 0 Å². The van der Waals surface area contributed by atoms with Crippen LogP contribution in [0.1, 0.15) is 52.7 Å². The maximum absolute atomic E-state index is 13.0. The summed E-state index contributed by atoms with van der Waals surface area (Å²) in [6.45, 7) is 11.1. The zero-order valence-electron chi connectivity index (χ0n) is 17.7. The first-order valence-corrected chi connectivity index (χ1v) is 10.1. The SMILES string of the molecule is CCCCN(Cc1cccn1C)C(=O)CN(CCCOCC)C(=O)C(C)C. The van der Waals surface area contributed by atoms with Crippen LogP contribution in [0.15, 0.2) is 18.3 Å². The molecule has 0 radical (unpaired) electrons. The average Bonchev–Trinajstić information content (AvgIpc) is 3.04. The third-order valence-corrected chi connectivity index (χ3v) is 4.59. The second-order valence-electron chi connectivity index (χ2n) is 7.24. The van der Waals surface area contributed by atoms with Gasteiger partial charge < -0.3 is 19.1 Å². The lowest BCUT2D eigenvalue weighted by Gasteiger charge is -2.29. The van der Waals surface area contributed by atoms with Crippen molar-refractivity contribution < 1.29 is 14.3 Å². The Hall–Kier alpha value is -1.82. The molecule has 0 aliphatic carbocycles. The quantitative estimate of drug-likeness (QED) is 0.495. The zero-order valence-corrected chi connectivity index (χ0v) is 17.7. The predicted molar refractivity (Wildman–Crippen MR) is 108 cm³/mol. The number of nitrogens with zero attached hydrogens (tertiary/aromatic N) is 3. The van der Waals surface area contributed by atoms with Crippen molar-refractivity contribution in [3.63, 3.8) is 0 Å². The van der Waals surface area contributed by atoms with E-state index in [4.69, 9.17) is 4.74 Å². The molecule has 2 amide bonds. The van der Waals surface area contributed by atoms with Crippen LogP contribution in [0.5, 0.6) is 0 Å². The maximum Gasteiger partial charge on any atom is 0.242 e. The number of hydrogen-bond donors (Lipinski definition) is 0. The van der Waals surface area contributed by atoms with Gasteiger partial charge >= 0.3 is 0 Å². The molecule has 6 nitrogen and oxygen atoms in total. The largest absolute Gasteiger partial charge is 0.382 e. The lowest BCUT2D eigenvalue weighted by molar-refractivity contribution is -0.143. The Bertz CT molecular complexity index is 569. The molecular formula is C21H37N3O3. The summed E-state index contributed by atoms with van der Waals surface area (Å²) in [5.74, 6) is -0.0916. The highest BCUT2D eigenvalue weighted by Gasteiger charge is 2.23. The van der Waals surface area contributed by atoms with Crippen molar-refractivity contribution >= 4 is 11.8 Å². The minimum absolute atomic E-state index is 0.00931. The molecule has 1 aromatic heterocycles. The van der Waals surface area contributed by atoms with E-state index in [1.54, 1.807) is 4.90 Å². The van der Waals surface area contributed by atoms with E-state index in [9.17, 15) is 9.59 Å². The third-order valence-electron chi connectivity index (χ3n) is 4.59. The fraction of sp³-hybridized carbons (Fsp3) is 0.714. The van der Waals surface area contributed by atoms with E-state index in [-0.39, 0.29) is 24.3 Å². The van der Waals surface area contributed by atoms with Crippen molar-refractivity contribution in [2.24, 2.45) is 13.0 Å². The molecule has 0 aliphatic rings. The Morgan fingerprint density at radius 2 is 1.85 bits per heavy atom. The van der Waals surface area contributed by atoms with Gasteiger partial charge in [0.2, 0.25) is 11.8 Å². The van der Waals surface area contributed by atoms with Gasteiger partial charge in [-0.15, -0.1) is 0 Å². The molecule has 0 bridgehead atoms. The summed E-state index contributed by atoms with van der Waals surface area (Å²) in [6, 6.07) is 4.02. The monoisotopic (exact) mass is 379 g/mol. The third kappa shape index (κ3) is 8.16. The van der Waals surface area contributed by atoms with Gasteiger partial charge in [-0.05, 0) is 31.9 Å². The van der Waals surface area contributed by atoms with Crippen LogP contribution < -0.4 is 0 Å². The number of hydrogen-bond acceptors (Lipinski definition) is 3. The number of amides is 2. The Labute approximate surface area is 164 Å². The second kappa shape index (κ2) is 12.5. The van der Waals surface area contributed by atoms with E-state index in [2.05, 4.69) is 6.92 Å². The molecule has 0 atom stereocenters. The van der Waals surface area contributed by atoms with Gasteiger partial charge in [0.1, 0.15) is 0 Å². The van der Waals surface area contributed by atoms with Crippen molar-refractivity contribution in [1.82, 2.24) is 14.4 Å². The fourth-order valence-corrected chi connectivity index (χ4v) is 2.89. The van der Waals surface area contributed by atoms with Gasteiger partial charge in [-0.25, -0.2) is 0 Å². The number of aromatic nitrogens is 1. The highest BCUT2D eigenvalue weighted by Crippen LogP contribution is 2.10. The predicted octanol–water partition coefficient (Wildman–Crippen LogP) is 3.07. The van der Waals surface area contributed by atoms with E-state index < -0.39 is 0 Å². The molecule has 0 saturated heterocycles. The first kappa shape index (κ1) is 23.2. The molecule has 1 rings (SSSR count). The van der Waals surface area contributed by atoms with Gasteiger partial charge in [-0.1, -0.05) is 27.2 Å². The van der Waals surface area contributed by atoms with Crippen LogP contribution in [-0.2, 0) is 27.9 Å². The smallest absolute Gasteiger partial charge is 0.242 e. The summed E-state index contributed by atoms with van der Waals surface area (Å²) in [5.41, 5.74) is 1.09. The highest BCUT2D eigenvalue weighted by molar-refractivity contribution is 5.85. The van der Waals surface area contributed by atoms with E-state index in [0.29, 0.717) is 32.8 Å². The molecule has 1 heterocycles. The van der Waals surface area contributed by atoms with Crippen molar-refractivity contribution in [2.75, 3.05) is 32.8 Å². The molecule has 6 heteroatoms. The minimum atomic E-state index is -0.123. The molecule has 0 unspecified atom stereocenters. The number of rotatable bonds is 13. The summed E-state index contributed by atoms with van der Waals surface area (Å²) in [5, 5.41) is 0. The first-order chi connectivity index (χ1) is 12.9. The van der Waals surface area contributed by atoms with E-state index in [0.717, 1.165) is 25.0 Å². The fourth-order valence-electron chi connectivity index (χ4n) is 2.89. The Morgan fingerprint density at radius 3 is 2.41 bits per heavy atom. The Balaban J connectivity index is 2.78. The number of aryl methyl sites for hydroxylation is 1. The van der Waals surface area contributed by atoms with Crippen LogP contribution in [0.4, 0.5) is 0 Å². The molecule has 0 fully saturated rings.